The highest BCUT2D eigenvalue weighted by Crippen LogP contribution is 2.19. The summed E-state index contributed by atoms with van der Waals surface area (Å²) in [6.45, 7) is 0. The Morgan fingerprint density at radius 2 is 2.08 bits per heavy atom. The van der Waals surface area contributed by atoms with E-state index in [1.165, 1.54) is 0 Å². The van der Waals surface area contributed by atoms with Crippen molar-refractivity contribution in [3.63, 3.8) is 0 Å². The normalized spacial score (nSPS) is 13.0. The van der Waals surface area contributed by atoms with Gasteiger partial charge in [-0.3, -0.25) is 0 Å². The minimum atomic E-state index is -1.22. The zero-order valence-corrected chi connectivity index (χ0v) is 10.9. The van der Waals surface area contributed by atoms with Crippen molar-refractivity contribution in [2.45, 2.75) is 22.7 Å². The minimum Gasteiger partial charge on any atom is -0.450 e. The molecule has 0 saturated heterocycles. The van der Waals surface area contributed by atoms with Gasteiger partial charge in [0.1, 0.15) is 6.10 Å². The molecule has 0 aromatic rings. The van der Waals surface area contributed by atoms with Crippen LogP contribution in [-0.2, 0) is 4.74 Å². The summed E-state index contributed by atoms with van der Waals surface area (Å²) in [6, 6.07) is 0. The van der Waals surface area contributed by atoms with E-state index in [0.717, 1.165) is 5.33 Å². The number of hydrogen-bond acceptors (Lipinski definition) is 2. The molecule has 0 amide bonds. The predicted octanol–water partition coefficient (Wildman–Crippen LogP) is 3.34. The minimum absolute atomic E-state index is 0.0911. The third-order valence-corrected chi connectivity index (χ3v) is 2.35. The largest absolute Gasteiger partial charge is 0.506 e. The lowest BCUT2D eigenvalue weighted by atomic mass is 10.2. The Kier molecular flexibility index (Phi) is 7.57. The van der Waals surface area contributed by atoms with Gasteiger partial charge >= 0.3 is 6.16 Å². The quantitative estimate of drug-likeness (QED) is 0.598. The topological polar surface area (TPSA) is 46.5 Å². The molecule has 0 aliphatic heterocycles. The second-order valence-electron chi connectivity index (χ2n) is 2.11. The van der Waals surface area contributed by atoms with Gasteiger partial charge in [-0.25, -0.2) is 4.79 Å². The molecule has 0 bridgehead atoms. The van der Waals surface area contributed by atoms with Crippen LogP contribution in [0.3, 0.4) is 0 Å². The Labute approximate surface area is 96.2 Å². The fourth-order valence-corrected chi connectivity index (χ4v) is 2.03. The van der Waals surface area contributed by atoms with E-state index >= 15 is 0 Å². The molecule has 0 heterocycles. The van der Waals surface area contributed by atoms with E-state index in [0.29, 0.717) is 12.8 Å². The fraction of sp³-hybridized carbons (Fsp3) is 0.833. The van der Waals surface area contributed by atoms with Crippen LogP contribution in [0.1, 0.15) is 12.8 Å². The van der Waals surface area contributed by atoms with Crippen LogP contribution in [-0.4, -0.2) is 26.4 Å². The Morgan fingerprint density at radius 3 is 2.42 bits per heavy atom. The van der Waals surface area contributed by atoms with Crippen LogP contribution < -0.4 is 0 Å². The van der Waals surface area contributed by atoms with Gasteiger partial charge in [-0.05, 0) is 6.42 Å². The first kappa shape index (κ1) is 12.7. The molecule has 1 atom stereocenters. The zero-order valence-electron chi connectivity index (χ0n) is 6.17. The maximum atomic E-state index is 10.2. The Bertz CT molecular complexity index is 140. The van der Waals surface area contributed by atoms with Crippen LogP contribution in [0.5, 0.6) is 0 Å². The number of halogens is 3. The summed E-state index contributed by atoms with van der Waals surface area (Å²) in [5.41, 5.74) is 0. The molecule has 0 aliphatic carbocycles. The molecule has 0 aromatic heterocycles. The van der Waals surface area contributed by atoms with Gasteiger partial charge in [-0.15, -0.1) is 0 Å². The molecule has 0 aromatic carbocycles. The second kappa shape index (κ2) is 7.15. The Morgan fingerprint density at radius 1 is 1.50 bits per heavy atom. The summed E-state index contributed by atoms with van der Waals surface area (Å²) in [6.07, 6.45) is -0.176. The van der Waals surface area contributed by atoms with Gasteiger partial charge in [0.05, 0.1) is 3.74 Å². The van der Waals surface area contributed by atoms with E-state index in [2.05, 4.69) is 52.5 Å². The van der Waals surface area contributed by atoms with Crippen molar-refractivity contribution < 1.29 is 14.6 Å². The molecule has 0 saturated carbocycles. The third-order valence-electron chi connectivity index (χ3n) is 1.14. The lowest BCUT2D eigenvalue weighted by molar-refractivity contribution is 0.0493. The van der Waals surface area contributed by atoms with Gasteiger partial charge in [0.15, 0.2) is 0 Å². The van der Waals surface area contributed by atoms with E-state index in [1.54, 1.807) is 0 Å². The molecule has 0 aliphatic rings. The van der Waals surface area contributed by atoms with Crippen LogP contribution in [0.4, 0.5) is 4.79 Å². The van der Waals surface area contributed by atoms with Crippen molar-refractivity contribution in [1.29, 1.82) is 0 Å². The lowest BCUT2D eigenvalue weighted by Gasteiger charge is -2.14. The number of alkyl halides is 3. The molecule has 0 fully saturated rings. The molecule has 1 N–H and O–H groups in total. The molecular weight excluding hydrogens is 360 g/mol. The average molecular weight is 369 g/mol. The van der Waals surface area contributed by atoms with Crippen molar-refractivity contribution in [2.24, 2.45) is 0 Å². The van der Waals surface area contributed by atoms with Gasteiger partial charge < -0.3 is 9.84 Å². The van der Waals surface area contributed by atoms with Crippen LogP contribution in [0.25, 0.3) is 0 Å². The van der Waals surface area contributed by atoms with Crippen molar-refractivity contribution in [3.8, 4) is 0 Å². The summed E-state index contributed by atoms with van der Waals surface area (Å²) in [4.78, 5) is 10.2. The maximum absolute atomic E-state index is 10.2. The monoisotopic (exact) mass is 366 g/mol. The van der Waals surface area contributed by atoms with Gasteiger partial charge in [0, 0.05) is 11.8 Å². The number of carbonyl (C=O) groups is 1. The molecule has 12 heavy (non-hydrogen) atoms. The van der Waals surface area contributed by atoms with E-state index in [-0.39, 0.29) is 9.84 Å². The smallest absolute Gasteiger partial charge is 0.450 e. The summed E-state index contributed by atoms with van der Waals surface area (Å²) in [7, 11) is 0. The van der Waals surface area contributed by atoms with E-state index in [9.17, 15) is 4.79 Å². The first-order chi connectivity index (χ1) is 5.56. The first-order valence-corrected chi connectivity index (χ1v) is 6.25. The van der Waals surface area contributed by atoms with Gasteiger partial charge in [0.2, 0.25) is 0 Å². The number of ether oxygens (including phenoxy) is 1. The van der Waals surface area contributed by atoms with E-state index in [4.69, 9.17) is 5.11 Å². The molecule has 0 spiro atoms. The average Bonchev–Trinajstić information content (AvgIpc) is 1.84. The van der Waals surface area contributed by atoms with Gasteiger partial charge in [-0.2, -0.15) is 0 Å². The van der Waals surface area contributed by atoms with Crippen molar-refractivity contribution in [3.05, 3.63) is 0 Å². The van der Waals surface area contributed by atoms with Crippen molar-refractivity contribution in [2.75, 3.05) is 5.33 Å². The molecule has 0 radical (unpaired) electrons. The molecule has 3 nitrogen and oxygen atoms in total. The number of carboxylic acid groups (broad SMARTS) is 1. The Balaban J connectivity index is 3.77. The maximum Gasteiger partial charge on any atom is 0.506 e. The van der Waals surface area contributed by atoms with Crippen LogP contribution in [0.2, 0.25) is 0 Å². The van der Waals surface area contributed by atoms with Crippen molar-refractivity contribution >= 4 is 53.9 Å². The molecule has 0 rings (SSSR count). The van der Waals surface area contributed by atoms with Crippen LogP contribution in [0.15, 0.2) is 0 Å². The van der Waals surface area contributed by atoms with Crippen molar-refractivity contribution in [1.82, 2.24) is 0 Å². The molecular formula is C6H9Br3O3. The first-order valence-electron chi connectivity index (χ1n) is 3.30. The number of rotatable bonds is 5. The Hall–Kier alpha value is 0.710. The van der Waals surface area contributed by atoms with E-state index < -0.39 is 6.16 Å². The standard InChI is InChI=1S/C6H9Br3O3/c7-2-1-4(3-5(8)9)12-6(10)11/h4-5H,1-3H2,(H,10,11). The summed E-state index contributed by atoms with van der Waals surface area (Å²) in [5.74, 6) is 0. The molecule has 1 unspecified atom stereocenters. The van der Waals surface area contributed by atoms with Gasteiger partial charge in [0.25, 0.3) is 0 Å². The lowest BCUT2D eigenvalue weighted by Crippen LogP contribution is -2.19. The highest BCUT2D eigenvalue weighted by molar-refractivity contribution is 9.24. The fourth-order valence-electron chi connectivity index (χ4n) is 0.688. The second-order valence-corrected chi connectivity index (χ2v) is 6.34. The van der Waals surface area contributed by atoms with Gasteiger partial charge in [-0.1, -0.05) is 47.8 Å². The molecule has 72 valence electrons. The van der Waals surface area contributed by atoms with Crippen LogP contribution in [0, 0.1) is 0 Å². The highest BCUT2D eigenvalue weighted by Gasteiger charge is 2.15. The summed E-state index contributed by atoms with van der Waals surface area (Å²) < 4.78 is 4.72. The van der Waals surface area contributed by atoms with E-state index in [1.807, 2.05) is 0 Å². The SMILES string of the molecule is O=C(O)OC(CCBr)CC(Br)Br. The summed E-state index contributed by atoms with van der Waals surface area (Å²) in [5, 5.41) is 9.09. The third kappa shape index (κ3) is 7.36. The summed E-state index contributed by atoms with van der Waals surface area (Å²) >= 11 is 9.75. The zero-order chi connectivity index (χ0) is 9.56. The number of hydrogen-bond donors (Lipinski definition) is 1. The predicted molar refractivity (Wildman–Crippen MR) is 57.6 cm³/mol. The van der Waals surface area contributed by atoms with Crippen LogP contribution >= 0.6 is 47.8 Å². The molecule has 6 heteroatoms. The highest BCUT2D eigenvalue weighted by atomic mass is 79.9.